The molecule has 0 saturated heterocycles. The lowest BCUT2D eigenvalue weighted by molar-refractivity contribution is 0.378. The second kappa shape index (κ2) is 3.18. The Balaban J connectivity index is 2.47. The summed E-state index contributed by atoms with van der Waals surface area (Å²) >= 11 is 5.00. The smallest absolute Gasteiger partial charge is 0.127 e. The molecule has 0 bridgehead atoms. The van der Waals surface area contributed by atoms with Crippen molar-refractivity contribution in [1.82, 2.24) is 0 Å². The van der Waals surface area contributed by atoms with E-state index in [1.807, 2.05) is 12.2 Å². The lowest BCUT2D eigenvalue weighted by Gasteiger charge is -2.05. The fourth-order valence-electron chi connectivity index (χ4n) is 1.18. The molecule has 1 aromatic carbocycles. The van der Waals surface area contributed by atoms with Crippen LogP contribution in [0.25, 0.3) is 6.08 Å². The molecule has 0 fully saturated rings. The summed E-state index contributed by atoms with van der Waals surface area (Å²) in [6.07, 6.45) is 3.67. The third-order valence-corrected chi connectivity index (χ3v) is 2.07. The van der Waals surface area contributed by atoms with Gasteiger partial charge in [-0.15, -0.1) is 0 Å². The van der Waals surface area contributed by atoms with E-state index in [1.54, 1.807) is 18.2 Å². The van der Waals surface area contributed by atoms with Crippen LogP contribution in [0.3, 0.4) is 0 Å². The number of hydrogen-bond donors (Lipinski definition) is 1. The molecule has 3 heteroatoms. The highest BCUT2D eigenvalue weighted by atomic mass is 32.1. The number of phenolic OH excluding ortho intramolecular Hbond substituents is 1. The molecule has 0 aliphatic carbocycles. The van der Waals surface area contributed by atoms with Crippen LogP contribution in [0.1, 0.15) is 5.56 Å². The average molecular weight is 192 g/mol. The molecule has 1 aromatic rings. The SMILES string of the molecule is Oc1ccc2c(c1)C=CC(=S)CO2. The van der Waals surface area contributed by atoms with E-state index in [1.165, 1.54) is 0 Å². The molecule has 0 atom stereocenters. The van der Waals surface area contributed by atoms with Crippen molar-refractivity contribution in [2.75, 3.05) is 6.61 Å². The molecule has 1 aliphatic heterocycles. The van der Waals surface area contributed by atoms with Crippen molar-refractivity contribution in [1.29, 1.82) is 0 Å². The van der Waals surface area contributed by atoms with Gasteiger partial charge in [0, 0.05) is 5.56 Å². The summed E-state index contributed by atoms with van der Waals surface area (Å²) in [5.41, 5.74) is 0.861. The molecule has 0 spiro atoms. The molecule has 0 saturated carbocycles. The van der Waals surface area contributed by atoms with Crippen molar-refractivity contribution in [2.45, 2.75) is 0 Å². The maximum Gasteiger partial charge on any atom is 0.127 e. The zero-order valence-corrected chi connectivity index (χ0v) is 7.67. The quantitative estimate of drug-likeness (QED) is 0.639. The Morgan fingerprint density at radius 1 is 1.31 bits per heavy atom. The maximum absolute atomic E-state index is 9.22. The summed E-state index contributed by atoms with van der Waals surface area (Å²) in [6.45, 7) is 0.434. The molecule has 13 heavy (non-hydrogen) atoms. The van der Waals surface area contributed by atoms with Crippen LogP contribution in [0, 0.1) is 0 Å². The Morgan fingerprint density at radius 3 is 3.00 bits per heavy atom. The second-order valence-corrected chi connectivity index (χ2v) is 3.33. The van der Waals surface area contributed by atoms with Gasteiger partial charge in [-0.25, -0.2) is 0 Å². The number of rotatable bonds is 0. The van der Waals surface area contributed by atoms with E-state index >= 15 is 0 Å². The Hall–Kier alpha value is -1.35. The van der Waals surface area contributed by atoms with Crippen molar-refractivity contribution < 1.29 is 9.84 Å². The van der Waals surface area contributed by atoms with E-state index in [9.17, 15) is 5.11 Å². The number of phenols is 1. The lowest BCUT2D eigenvalue weighted by Crippen LogP contribution is -2.04. The predicted octanol–water partition coefficient (Wildman–Crippen LogP) is 2.17. The number of thiocarbonyl (C=S) groups is 1. The Kier molecular flexibility index (Phi) is 2.02. The standard InChI is InChI=1S/C10H8O2S/c11-8-2-4-10-7(5-8)1-3-9(13)6-12-10/h1-5,11H,6H2. The summed E-state index contributed by atoms with van der Waals surface area (Å²) in [5.74, 6) is 0.994. The van der Waals surface area contributed by atoms with Gasteiger partial charge in [0.2, 0.25) is 0 Å². The van der Waals surface area contributed by atoms with Gasteiger partial charge in [-0.05, 0) is 30.4 Å². The van der Waals surface area contributed by atoms with Crippen LogP contribution < -0.4 is 4.74 Å². The normalized spacial score (nSPS) is 14.6. The first kappa shape index (κ1) is 8.26. The highest BCUT2D eigenvalue weighted by molar-refractivity contribution is 7.80. The van der Waals surface area contributed by atoms with Crippen LogP contribution in [0.2, 0.25) is 0 Å². The molecule has 2 nitrogen and oxygen atoms in total. The monoisotopic (exact) mass is 192 g/mol. The Labute approximate surface area is 81.5 Å². The zero-order chi connectivity index (χ0) is 9.26. The molecule has 66 valence electrons. The van der Waals surface area contributed by atoms with E-state index < -0.39 is 0 Å². The molecular formula is C10H8O2S. The number of fused-ring (bicyclic) bond motifs is 1. The number of hydrogen-bond acceptors (Lipinski definition) is 3. The minimum absolute atomic E-state index is 0.236. The summed E-state index contributed by atoms with van der Waals surface area (Å²) in [4.78, 5) is 0.760. The van der Waals surface area contributed by atoms with Crippen molar-refractivity contribution in [3.05, 3.63) is 29.8 Å². The van der Waals surface area contributed by atoms with Crippen LogP contribution in [0.4, 0.5) is 0 Å². The Bertz CT molecular complexity index is 383. The number of ether oxygens (including phenoxy) is 1. The molecular weight excluding hydrogens is 184 g/mol. The van der Waals surface area contributed by atoms with Gasteiger partial charge in [0.25, 0.3) is 0 Å². The minimum atomic E-state index is 0.236. The van der Waals surface area contributed by atoms with Gasteiger partial charge < -0.3 is 9.84 Å². The van der Waals surface area contributed by atoms with Crippen LogP contribution in [-0.2, 0) is 0 Å². The van der Waals surface area contributed by atoms with Gasteiger partial charge in [0.15, 0.2) is 0 Å². The summed E-state index contributed by atoms with van der Waals surface area (Å²) in [7, 11) is 0. The number of benzene rings is 1. The van der Waals surface area contributed by atoms with E-state index in [-0.39, 0.29) is 5.75 Å². The topological polar surface area (TPSA) is 29.5 Å². The highest BCUT2D eigenvalue weighted by Gasteiger charge is 2.06. The largest absolute Gasteiger partial charge is 0.508 e. The molecule has 1 heterocycles. The molecule has 1 N–H and O–H groups in total. The predicted molar refractivity (Wildman–Crippen MR) is 55.2 cm³/mol. The summed E-state index contributed by atoms with van der Waals surface area (Å²) < 4.78 is 5.40. The first-order valence-corrected chi connectivity index (χ1v) is 4.33. The summed E-state index contributed by atoms with van der Waals surface area (Å²) in [5, 5.41) is 9.22. The van der Waals surface area contributed by atoms with Gasteiger partial charge >= 0.3 is 0 Å². The fourth-order valence-corrected chi connectivity index (χ4v) is 1.30. The summed E-state index contributed by atoms with van der Waals surface area (Å²) in [6, 6.07) is 4.99. The molecule has 0 unspecified atom stereocenters. The maximum atomic E-state index is 9.22. The van der Waals surface area contributed by atoms with Gasteiger partial charge in [-0.2, -0.15) is 0 Å². The van der Waals surface area contributed by atoms with E-state index in [2.05, 4.69) is 0 Å². The Morgan fingerprint density at radius 2 is 2.15 bits per heavy atom. The average Bonchev–Trinajstić information content (AvgIpc) is 2.29. The van der Waals surface area contributed by atoms with Gasteiger partial charge in [-0.1, -0.05) is 12.2 Å². The highest BCUT2D eigenvalue weighted by Crippen LogP contribution is 2.26. The number of aromatic hydroxyl groups is 1. The van der Waals surface area contributed by atoms with Gasteiger partial charge in [-0.3, -0.25) is 0 Å². The van der Waals surface area contributed by atoms with Crippen molar-refractivity contribution >= 4 is 23.2 Å². The molecule has 2 rings (SSSR count). The van der Waals surface area contributed by atoms with Crippen LogP contribution in [0.5, 0.6) is 11.5 Å². The third kappa shape index (κ3) is 1.70. The first-order chi connectivity index (χ1) is 6.25. The van der Waals surface area contributed by atoms with Gasteiger partial charge in [0.1, 0.15) is 18.1 Å². The first-order valence-electron chi connectivity index (χ1n) is 3.92. The molecule has 0 aromatic heterocycles. The van der Waals surface area contributed by atoms with Crippen LogP contribution in [-0.4, -0.2) is 16.6 Å². The minimum Gasteiger partial charge on any atom is -0.508 e. The molecule has 1 aliphatic rings. The molecule has 0 amide bonds. The van der Waals surface area contributed by atoms with E-state index in [0.717, 1.165) is 16.2 Å². The van der Waals surface area contributed by atoms with E-state index in [4.69, 9.17) is 17.0 Å². The fraction of sp³-hybridized carbons (Fsp3) is 0.100. The van der Waals surface area contributed by atoms with Gasteiger partial charge in [0.05, 0.1) is 4.86 Å². The molecule has 0 radical (unpaired) electrons. The third-order valence-electron chi connectivity index (χ3n) is 1.81. The van der Waals surface area contributed by atoms with E-state index in [0.29, 0.717) is 6.61 Å². The zero-order valence-electron chi connectivity index (χ0n) is 6.86. The second-order valence-electron chi connectivity index (χ2n) is 2.81. The van der Waals surface area contributed by atoms with Crippen molar-refractivity contribution in [2.24, 2.45) is 0 Å². The van der Waals surface area contributed by atoms with Crippen molar-refractivity contribution in [3.8, 4) is 11.5 Å². The van der Waals surface area contributed by atoms with Crippen LogP contribution >= 0.6 is 12.2 Å². The van der Waals surface area contributed by atoms with Crippen LogP contribution in [0.15, 0.2) is 24.3 Å². The lowest BCUT2D eigenvalue weighted by atomic mass is 10.2. The van der Waals surface area contributed by atoms with Crippen molar-refractivity contribution in [3.63, 3.8) is 0 Å².